The topological polar surface area (TPSA) is 80.6 Å². The van der Waals surface area contributed by atoms with Gasteiger partial charge in [0.2, 0.25) is 0 Å². The normalized spacial score (nSPS) is 12.1. The molecule has 1 N–H and O–H groups in total. The fraction of sp³-hybridized carbons (Fsp3) is 0.304. The van der Waals surface area contributed by atoms with Crippen LogP contribution in [-0.2, 0) is 28.5 Å². The number of carbonyl (C=O) groups is 1. The Bertz CT molecular complexity index is 1120. The van der Waals surface area contributed by atoms with E-state index in [-0.39, 0.29) is 36.3 Å². The van der Waals surface area contributed by atoms with Gasteiger partial charge in [-0.2, -0.15) is 31.6 Å². The van der Waals surface area contributed by atoms with Crippen LogP contribution in [0.25, 0.3) is 6.08 Å². The largest absolute Gasteiger partial charge is 0.493 e. The van der Waals surface area contributed by atoms with Crippen LogP contribution in [-0.4, -0.2) is 33.3 Å². The molecule has 0 atom stereocenters. The summed E-state index contributed by atoms with van der Waals surface area (Å²) in [6.07, 6.45) is -8.70. The molecule has 2 rings (SSSR count). The van der Waals surface area contributed by atoms with E-state index in [9.17, 15) is 36.4 Å². The Labute approximate surface area is 196 Å². The summed E-state index contributed by atoms with van der Waals surface area (Å²) in [5.41, 5.74) is -3.25. The van der Waals surface area contributed by atoms with Crippen LogP contribution in [0.15, 0.2) is 42.0 Å². The molecule has 6 nitrogen and oxygen atoms in total. The van der Waals surface area contributed by atoms with Crippen LogP contribution in [0, 0.1) is 11.3 Å². The van der Waals surface area contributed by atoms with Crippen molar-refractivity contribution in [2.75, 3.05) is 27.4 Å². The highest BCUT2D eigenvalue weighted by Crippen LogP contribution is 2.38. The van der Waals surface area contributed by atoms with Crippen LogP contribution in [0.5, 0.6) is 11.5 Å². The molecular formula is C23H20F6N2O4. The standard InChI is InChI=1S/C23H20F6N2O4/c1-33-8-7-31-21(32)16(12-30)9-14-3-6-19(20(10-14)34-2)35-13-15-4-5-17(22(24,25)26)11-18(15)23(27,28)29/h3-6,9-11H,7-8,13H2,1-2H3,(H,31,32)/b16-9+. The highest BCUT2D eigenvalue weighted by Gasteiger charge is 2.38. The van der Waals surface area contributed by atoms with Crippen molar-refractivity contribution >= 4 is 12.0 Å². The average Bonchev–Trinajstić information content (AvgIpc) is 2.80. The minimum Gasteiger partial charge on any atom is -0.493 e. The molecule has 0 spiro atoms. The molecule has 0 aliphatic heterocycles. The molecule has 0 aliphatic rings. The monoisotopic (exact) mass is 502 g/mol. The van der Waals surface area contributed by atoms with E-state index in [0.29, 0.717) is 17.7 Å². The number of carbonyl (C=O) groups excluding carboxylic acids is 1. The van der Waals surface area contributed by atoms with Gasteiger partial charge in [-0.15, -0.1) is 0 Å². The Balaban J connectivity index is 2.27. The maximum absolute atomic E-state index is 13.3. The van der Waals surface area contributed by atoms with Crippen molar-refractivity contribution in [1.82, 2.24) is 5.32 Å². The number of hydrogen-bond donors (Lipinski definition) is 1. The quantitative estimate of drug-likeness (QED) is 0.226. The molecular weight excluding hydrogens is 482 g/mol. The zero-order valence-electron chi connectivity index (χ0n) is 18.5. The number of nitrogens with zero attached hydrogens (tertiary/aromatic N) is 1. The molecule has 0 unspecified atom stereocenters. The van der Waals surface area contributed by atoms with E-state index in [4.69, 9.17) is 14.2 Å². The van der Waals surface area contributed by atoms with Crippen LogP contribution < -0.4 is 14.8 Å². The van der Waals surface area contributed by atoms with Gasteiger partial charge in [0.05, 0.1) is 24.8 Å². The lowest BCUT2D eigenvalue weighted by atomic mass is 10.0. The summed E-state index contributed by atoms with van der Waals surface area (Å²) in [7, 11) is 2.71. The smallest absolute Gasteiger partial charge is 0.416 e. The van der Waals surface area contributed by atoms with Crippen molar-refractivity contribution in [3.63, 3.8) is 0 Å². The molecule has 2 aromatic rings. The van der Waals surface area contributed by atoms with Gasteiger partial charge in [0.25, 0.3) is 5.91 Å². The Morgan fingerprint density at radius 3 is 2.31 bits per heavy atom. The molecule has 0 radical (unpaired) electrons. The number of hydrogen-bond acceptors (Lipinski definition) is 5. The molecule has 0 aromatic heterocycles. The number of benzene rings is 2. The number of ether oxygens (including phenoxy) is 3. The molecule has 0 saturated heterocycles. The van der Waals surface area contributed by atoms with E-state index in [1.54, 1.807) is 6.07 Å². The summed E-state index contributed by atoms with van der Waals surface area (Å²) in [5.74, 6) is -0.567. The minimum absolute atomic E-state index is 0.000672. The third kappa shape index (κ3) is 7.65. The number of amides is 1. The fourth-order valence-electron chi connectivity index (χ4n) is 2.87. The molecule has 2 aromatic carbocycles. The van der Waals surface area contributed by atoms with Crippen LogP contribution in [0.3, 0.4) is 0 Å². The first-order chi connectivity index (χ1) is 16.4. The number of alkyl halides is 6. The zero-order valence-corrected chi connectivity index (χ0v) is 18.5. The molecule has 0 fully saturated rings. The molecule has 0 bridgehead atoms. The number of nitrogens with one attached hydrogen (secondary N) is 1. The van der Waals surface area contributed by atoms with Crippen molar-refractivity contribution in [3.05, 3.63) is 64.2 Å². The summed E-state index contributed by atoms with van der Waals surface area (Å²) in [6, 6.07) is 7.18. The average molecular weight is 502 g/mol. The number of halogens is 6. The molecule has 35 heavy (non-hydrogen) atoms. The summed E-state index contributed by atoms with van der Waals surface area (Å²) < 4.78 is 93.9. The second-order valence-electron chi connectivity index (χ2n) is 6.98. The van der Waals surface area contributed by atoms with Gasteiger partial charge in [-0.1, -0.05) is 12.1 Å². The highest BCUT2D eigenvalue weighted by atomic mass is 19.4. The number of methoxy groups -OCH3 is 2. The van der Waals surface area contributed by atoms with Crippen LogP contribution in [0.4, 0.5) is 26.3 Å². The molecule has 0 heterocycles. The van der Waals surface area contributed by atoms with Crippen molar-refractivity contribution in [2.24, 2.45) is 0 Å². The lowest BCUT2D eigenvalue weighted by Gasteiger charge is -2.17. The first-order valence-corrected chi connectivity index (χ1v) is 9.87. The Hall–Kier alpha value is -3.72. The van der Waals surface area contributed by atoms with E-state index in [0.717, 1.165) is 0 Å². The summed E-state index contributed by atoms with van der Waals surface area (Å²) in [6.45, 7) is -0.252. The maximum Gasteiger partial charge on any atom is 0.416 e. The second kappa shape index (κ2) is 11.6. The summed E-state index contributed by atoms with van der Waals surface area (Å²) >= 11 is 0. The first kappa shape index (κ1) is 27.5. The number of nitriles is 1. The SMILES string of the molecule is COCCNC(=O)/C(C#N)=C/c1ccc(OCc2ccc(C(F)(F)F)cc2C(F)(F)F)c(OC)c1. The molecule has 12 heteroatoms. The van der Waals surface area contributed by atoms with Gasteiger partial charge in [-0.3, -0.25) is 4.79 Å². The summed E-state index contributed by atoms with van der Waals surface area (Å²) in [5, 5.41) is 11.7. The Morgan fingerprint density at radius 2 is 1.74 bits per heavy atom. The van der Waals surface area contributed by atoms with Crippen molar-refractivity contribution < 1.29 is 45.3 Å². The van der Waals surface area contributed by atoms with Gasteiger partial charge in [-0.05, 0) is 35.9 Å². The number of rotatable bonds is 9. The van der Waals surface area contributed by atoms with Crippen molar-refractivity contribution in [1.29, 1.82) is 5.26 Å². The van der Waals surface area contributed by atoms with E-state index < -0.39 is 41.6 Å². The van der Waals surface area contributed by atoms with Gasteiger partial charge in [0.15, 0.2) is 11.5 Å². The van der Waals surface area contributed by atoms with Crippen molar-refractivity contribution in [2.45, 2.75) is 19.0 Å². The molecule has 0 saturated carbocycles. The fourth-order valence-corrected chi connectivity index (χ4v) is 2.87. The lowest BCUT2D eigenvalue weighted by Crippen LogP contribution is -2.27. The van der Waals surface area contributed by atoms with Crippen LogP contribution >= 0.6 is 0 Å². The van der Waals surface area contributed by atoms with E-state index >= 15 is 0 Å². The van der Waals surface area contributed by atoms with Gasteiger partial charge in [0.1, 0.15) is 18.2 Å². The summed E-state index contributed by atoms with van der Waals surface area (Å²) in [4.78, 5) is 12.1. The van der Waals surface area contributed by atoms with E-state index in [1.165, 1.54) is 38.5 Å². The minimum atomic E-state index is -5.03. The lowest BCUT2D eigenvalue weighted by molar-refractivity contribution is -0.143. The molecule has 1 amide bonds. The second-order valence-corrected chi connectivity index (χ2v) is 6.98. The Morgan fingerprint density at radius 1 is 1.03 bits per heavy atom. The first-order valence-electron chi connectivity index (χ1n) is 9.87. The van der Waals surface area contributed by atoms with Gasteiger partial charge in [0, 0.05) is 19.2 Å². The zero-order chi connectivity index (χ0) is 26.2. The maximum atomic E-state index is 13.3. The van der Waals surface area contributed by atoms with Gasteiger partial charge < -0.3 is 19.5 Å². The van der Waals surface area contributed by atoms with Crippen molar-refractivity contribution in [3.8, 4) is 17.6 Å². The van der Waals surface area contributed by atoms with Crippen LogP contribution in [0.2, 0.25) is 0 Å². The van der Waals surface area contributed by atoms with E-state index in [2.05, 4.69) is 5.32 Å². The van der Waals surface area contributed by atoms with Gasteiger partial charge in [-0.25, -0.2) is 0 Å². The highest BCUT2D eigenvalue weighted by molar-refractivity contribution is 6.01. The van der Waals surface area contributed by atoms with E-state index in [1.807, 2.05) is 0 Å². The van der Waals surface area contributed by atoms with Crippen LogP contribution in [0.1, 0.15) is 22.3 Å². The Kier molecular flexibility index (Phi) is 9.13. The predicted octanol–water partition coefficient (Wildman–Crippen LogP) is 4.98. The molecule has 0 aliphatic carbocycles. The molecule has 188 valence electrons. The third-order valence-corrected chi connectivity index (χ3v) is 4.58. The predicted molar refractivity (Wildman–Crippen MR) is 112 cm³/mol. The third-order valence-electron chi connectivity index (χ3n) is 4.58. The van der Waals surface area contributed by atoms with Gasteiger partial charge >= 0.3 is 12.4 Å².